The Bertz CT molecular complexity index is 1220. The van der Waals surface area contributed by atoms with Crippen molar-refractivity contribution in [1.29, 1.82) is 0 Å². The fourth-order valence-electron chi connectivity index (χ4n) is 4.35. The predicted molar refractivity (Wildman–Crippen MR) is 123 cm³/mol. The second-order valence-electron chi connectivity index (χ2n) is 7.78. The van der Waals surface area contributed by atoms with Gasteiger partial charge in [0.25, 0.3) is 11.5 Å². The number of aromatic nitrogens is 2. The largest absolute Gasteiger partial charge is 0.346 e. The third kappa shape index (κ3) is 3.78. The van der Waals surface area contributed by atoms with Crippen molar-refractivity contribution in [2.75, 3.05) is 18.0 Å². The number of urea groups is 1. The average Bonchev–Trinajstić information content (AvgIpc) is 3.39. The molecule has 2 aliphatic heterocycles. The number of hydrogen-bond donors (Lipinski definition) is 1. The van der Waals surface area contributed by atoms with Crippen LogP contribution in [0.5, 0.6) is 0 Å². The van der Waals surface area contributed by atoms with E-state index in [1.807, 2.05) is 17.0 Å². The molecule has 0 spiro atoms. The third-order valence-corrected chi connectivity index (χ3v) is 7.13. The van der Waals surface area contributed by atoms with Gasteiger partial charge in [-0.25, -0.2) is 4.79 Å². The number of hydrogen-bond acceptors (Lipinski definition) is 5. The molecule has 3 aromatic rings. The van der Waals surface area contributed by atoms with Gasteiger partial charge in [-0.05, 0) is 49.2 Å². The summed E-state index contributed by atoms with van der Waals surface area (Å²) < 4.78 is 2.06. The van der Waals surface area contributed by atoms with Gasteiger partial charge in [-0.2, -0.15) is 0 Å². The van der Waals surface area contributed by atoms with Gasteiger partial charge in [-0.1, -0.05) is 11.6 Å². The lowest BCUT2D eigenvalue weighted by Crippen LogP contribution is -2.54. The summed E-state index contributed by atoms with van der Waals surface area (Å²) in [4.78, 5) is 45.7. The van der Waals surface area contributed by atoms with E-state index in [4.69, 9.17) is 11.6 Å². The molecule has 0 aliphatic carbocycles. The van der Waals surface area contributed by atoms with Crippen molar-refractivity contribution < 1.29 is 9.59 Å². The van der Waals surface area contributed by atoms with Crippen molar-refractivity contribution in [3.63, 3.8) is 0 Å². The summed E-state index contributed by atoms with van der Waals surface area (Å²) in [5.41, 5.74) is 1.23. The zero-order valence-corrected chi connectivity index (χ0v) is 18.6. The van der Waals surface area contributed by atoms with Gasteiger partial charge in [-0.15, -0.1) is 11.3 Å². The van der Waals surface area contributed by atoms with E-state index in [0.29, 0.717) is 28.0 Å². The van der Waals surface area contributed by atoms with Gasteiger partial charge in [0.05, 0.1) is 34.0 Å². The van der Waals surface area contributed by atoms with Crippen molar-refractivity contribution in [3.8, 4) is 5.69 Å². The molecule has 32 heavy (non-hydrogen) atoms. The Morgan fingerprint density at radius 1 is 1.12 bits per heavy atom. The molecule has 1 N–H and O–H groups in total. The maximum atomic E-state index is 13.1. The van der Waals surface area contributed by atoms with Crippen LogP contribution in [-0.2, 0) is 0 Å². The summed E-state index contributed by atoms with van der Waals surface area (Å²) in [6.07, 6.45) is 6.06. The molecule has 8 nitrogen and oxygen atoms in total. The number of halogens is 1. The van der Waals surface area contributed by atoms with E-state index < -0.39 is 0 Å². The highest BCUT2D eigenvalue weighted by molar-refractivity contribution is 7.18. The first-order valence-electron chi connectivity index (χ1n) is 10.3. The lowest BCUT2D eigenvalue weighted by molar-refractivity contribution is 0.0891. The smallest absolute Gasteiger partial charge is 0.324 e. The summed E-state index contributed by atoms with van der Waals surface area (Å²) in [5, 5.41) is 3.10. The molecule has 5 rings (SSSR count). The molecule has 0 unspecified atom stereocenters. The molecule has 0 saturated carbocycles. The van der Waals surface area contributed by atoms with Crippen molar-refractivity contribution in [3.05, 3.63) is 74.6 Å². The highest BCUT2D eigenvalue weighted by atomic mass is 35.5. The molecule has 164 valence electrons. The number of fused-ring (bicyclic) bond motifs is 1. The van der Waals surface area contributed by atoms with Crippen LogP contribution >= 0.6 is 22.9 Å². The molecule has 2 fully saturated rings. The zero-order chi connectivity index (χ0) is 22.2. The van der Waals surface area contributed by atoms with Crippen LogP contribution in [0, 0.1) is 0 Å². The van der Waals surface area contributed by atoms with Gasteiger partial charge in [0.1, 0.15) is 0 Å². The Kier molecular flexibility index (Phi) is 5.44. The van der Waals surface area contributed by atoms with Crippen LogP contribution in [-0.4, -0.2) is 51.6 Å². The summed E-state index contributed by atoms with van der Waals surface area (Å²) in [6.45, 7) is 1.16. The molecule has 10 heteroatoms. The second kappa shape index (κ2) is 8.40. The van der Waals surface area contributed by atoms with Gasteiger partial charge in [-0.3, -0.25) is 24.0 Å². The Morgan fingerprint density at radius 2 is 1.91 bits per heavy atom. The van der Waals surface area contributed by atoms with E-state index in [1.165, 1.54) is 22.1 Å². The number of piperidine rings is 1. The number of thiophene rings is 1. The quantitative estimate of drug-likeness (QED) is 0.635. The molecule has 2 atom stereocenters. The van der Waals surface area contributed by atoms with Crippen LogP contribution in [0.4, 0.5) is 10.5 Å². The number of nitrogens with one attached hydrogen (secondary N) is 1. The first kappa shape index (κ1) is 20.7. The normalized spacial score (nSPS) is 20.3. The van der Waals surface area contributed by atoms with Crippen LogP contribution in [0.2, 0.25) is 4.34 Å². The van der Waals surface area contributed by atoms with E-state index >= 15 is 0 Å². The number of carbonyl (C=O) groups is 2. The highest BCUT2D eigenvalue weighted by Gasteiger charge is 2.44. The Labute approximate surface area is 193 Å². The van der Waals surface area contributed by atoms with Gasteiger partial charge < -0.3 is 10.2 Å². The summed E-state index contributed by atoms with van der Waals surface area (Å²) in [6, 6.07) is 10.4. The number of nitrogens with zero attached hydrogens (tertiary/aromatic N) is 4. The molecule has 2 aliphatic rings. The fraction of sp³-hybridized carbons (Fsp3) is 0.273. The maximum Gasteiger partial charge on any atom is 0.324 e. The zero-order valence-electron chi connectivity index (χ0n) is 17.0. The average molecular weight is 470 g/mol. The molecule has 2 saturated heterocycles. The summed E-state index contributed by atoms with van der Waals surface area (Å²) in [7, 11) is 0. The minimum atomic E-state index is -0.222. The monoisotopic (exact) mass is 469 g/mol. The van der Waals surface area contributed by atoms with E-state index in [-0.39, 0.29) is 29.6 Å². The van der Waals surface area contributed by atoms with Crippen LogP contribution < -0.4 is 15.8 Å². The number of benzene rings is 1. The van der Waals surface area contributed by atoms with E-state index in [1.54, 1.807) is 41.6 Å². The lowest BCUT2D eigenvalue weighted by atomic mass is 9.97. The summed E-state index contributed by atoms with van der Waals surface area (Å²) in [5.74, 6) is -0.160. The standard InChI is InChI=1S/C22H20ClN5O3S/c23-19-8-7-18(32-19)21(30)25-16-2-1-10-27-17(16)13-28(22(27)31)15-5-3-14(4-6-15)26-11-9-24-12-20(26)29/h3-9,11-12,16-17H,1-2,10,13H2,(H,25,30)/t16-,17-/m1/s1. The van der Waals surface area contributed by atoms with E-state index in [2.05, 4.69) is 10.3 Å². The molecule has 0 bridgehead atoms. The minimum Gasteiger partial charge on any atom is -0.346 e. The Morgan fingerprint density at radius 3 is 2.62 bits per heavy atom. The SMILES string of the molecule is O=C(N[C@@H]1CCCN2C(=O)N(c3ccc(-n4ccncc4=O)cc3)C[C@H]12)c1ccc(Cl)s1. The number of amides is 3. The molecule has 0 radical (unpaired) electrons. The Balaban J connectivity index is 1.34. The van der Waals surface area contributed by atoms with Crippen molar-refractivity contribution in [1.82, 2.24) is 19.8 Å². The molecule has 2 aromatic heterocycles. The second-order valence-corrected chi connectivity index (χ2v) is 9.50. The number of rotatable bonds is 4. The molecular weight excluding hydrogens is 450 g/mol. The molecule has 1 aromatic carbocycles. The highest BCUT2D eigenvalue weighted by Crippen LogP contribution is 2.31. The van der Waals surface area contributed by atoms with E-state index in [9.17, 15) is 14.4 Å². The molecule has 4 heterocycles. The lowest BCUT2D eigenvalue weighted by Gasteiger charge is -2.35. The molecular formula is C22H20ClN5O3S. The predicted octanol–water partition coefficient (Wildman–Crippen LogP) is 3.15. The van der Waals surface area contributed by atoms with Crippen molar-refractivity contribution in [2.45, 2.75) is 24.9 Å². The third-order valence-electron chi connectivity index (χ3n) is 5.90. The number of anilines is 1. The fourth-order valence-corrected chi connectivity index (χ4v) is 5.30. The van der Waals surface area contributed by atoms with Gasteiger partial charge >= 0.3 is 6.03 Å². The van der Waals surface area contributed by atoms with Crippen LogP contribution in [0.3, 0.4) is 0 Å². The number of carbonyl (C=O) groups excluding carboxylic acids is 2. The van der Waals surface area contributed by atoms with Gasteiger partial charge in [0.15, 0.2) is 0 Å². The van der Waals surface area contributed by atoms with Gasteiger partial charge in [0.2, 0.25) is 0 Å². The topological polar surface area (TPSA) is 87.5 Å². The maximum absolute atomic E-state index is 13.1. The van der Waals surface area contributed by atoms with Crippen molar-refractivity contribution >= 4 is 40.6 Å². The Hall–Kier alpha value is -3.17. The van der Waals surface area contributed by atoms with Crippen LogP contribution in [0.15, 0.2) is 59.8 Å². The van der Waals surface area contributed by atoms with Crippen molar-refractivity contribution in [2.24, 2.45) is 0 Å². The first-order valence-corrected chi connectivity index (χ1v) is 11.5. The van der Waals surface area contributed by atoms with E-state index in [0.717, 1.165) is 18.5 Å². The molecule has 3 amide bonds. The van der Waals surface area contributed by atoms with Gasteiger partial charge in [0, 0.05) is 30.3 Å². The van der Waals surface area contributed by atoms with Crippen LogP contribution in [0.1, 0.15) is 22.5 Å². The minimum absolute atomic E-state index is 0.0676. The van der Waals surface area contributed by atoms with Crippen LogP contribution in [0.25, 0.3) is 5.69 Å². The summed E-state index contributed by atoms with van der Waals surface area (Å²) >= 11 is 7.20. The first-order chi connectivity index (χ1) is 15.5.